The van der Waals surface area contributed by atoms with Crippen molar-refractivity contribution in [3.8, 4) is 0 Å². The van der Waals surface area contributed by atoms with E-state index in [0.717, 1.165) is 29.1 Å². The maximum atomic E-state index is 12.5. The van der Waals surface area contributed by atoms with Crippen molar-refractivity contribution >= 4 is 28.9 Å². The number of alkyl halides is 3. The summed E-state index contributed by atoms with van der Waals surface area (Å²) >= 11 is 1.40. The molecule has 128 valence electrons. The van der Waals surface area contributed by atoms with Crippen molar-refractivity contribution < 1.29 is 27.5 Å². The summed E-state index contributed by atoms with van der Waals surface area (Å²) in [5.74, 6) is -1.16. The molecule has 0 spiro atoms. The number of carbonyl (C=O) groups is 2. The van der Waals surface area contributed by atoms with Crippen molar-refractivity contribution in [3.63, 3.8) is 0 Å². The van der Waals surface area contributed by atoms with E-state index in [9.17, 15) is 22.8 Å². The second-order valence-electron chi connectivity index (χ2n) is 4.95. The topological polar surface area (TPSA) is 55.4 Å². The van der Waals surface area contributed by atoms with Gasteiger partial charge in [-0.1, -0.05) is 6.07 Å². The Morgan fingerprint density at radius 2 is 1.88 bits per heavy atom. The van der Waals surface area contributed by atoms with E-state index in [-0.39, 0.29) is 12.1 Å². The number of rotatable bonds is 5. The van der Waals surface area contributed by atoms with Crippen LogP contribution in [0, 0.1) is 0 Å². The molecule has 0 saturated heterocycles. The summed E-state index contributed by atoms with van der Waals surface area (Å²) in [6, 6.07) is 7.58. The average Bonchev–Trinajstić information content (AvgIpc) is 2.99. The third-order valence-electron chi connectivity index (χ3n) is 3.06. The Morgan fingerprint density at radius 3 is 2.42 bits per heavy atom. The third kappa shape index (κ3) is 5.09. The van der Waals surface area contributed by atoms with Crippen LogP contribution in [0.1, 0.15) is 17.4 Å². The average molecular weight is 357 g/mol. The van der Waals surface area contributed by atoms with Gasteiger partial charge >= 0.3 is 12.1 Å². The van der Waals surface area contributed by atoms with Crippen LogP contribution in [0.4, 0.5) is 18.9 Å². The zero-order chi connectivity index (χ0) is 17.7. The zero-order valence-corrected chi connectivity index (χ0v) is 13.4. The lowest BCUT2D eigenvalue weighted by Crippen LogP contribution is -2.30. The predicted molar refractivity (Wildman–Crippen MR) is 83.7 cm³/mol. The summed E-state index contributed by atoms with van der Waals surface area (Å²) in [5.41, 5.74) is -0.620. The monoisotopic (exact) mass is 357 g/mol. The van der Waals surface area contributed by atoms with Gasteiger partial charge < -0.3 is 10.1 Å². The molecule has 1 heterocycles. The number of esters is 1. The molecule has 0 saturated carbocycles. The van der Waals surface area contributed by atoms with Crippen molar-refractivity contribution in [1.29, 1.82) is 0 Å². The van der Waals surface area contributed by atoms with Gasteiger partial charge in [-0.25, -0.2) is 0 Å². The number of hydrogen-bond donors (Lipinski definition) is 1. The van der Waals surface area contributed by atoms with E-state index in [4.69, 9.17) is 4.74 Å². The van der Waals surface area contributed by atoms with Crippen LogP contribution in [-0.4, -0.2) is 18.0 Å². The third-order valence-corrected chi connectivity index (χ3v) is 3.93. The lowest BCUT2D eigenvalue weighted by molar-refractivity contribution is -0.152. The minimum Gasteiger partial charge on any atom is -0.452 e. The standard InChI is InChI=1S/C16H14F3NO3S/c1-10(23-14(21)9-13-3-2-8-24-13)15(22)20-12-6-4-11(5-7-12)16(17,18)19/h2-8,10H,9H2,1H3,(H,20,22)/t10-/m1/s1. The first-order chi connectivity index (χ1) is 11.3. The number of anilines is 1. The van der Waals surface area contributed by atoms with E-state index < -0.39 is 29.7 Å². The molecule has 1 amide bonds. The number of hydrogen-bond acceptors (Lipinski definition) is 4. The van der Waals surface area contributed by atoms with Crippen molar-refractivity contribution in [3.05, 3.63) is 52.2 Å². The molecule has 0 unspecified atom stereocenters. The van der Waals surface area contributed by atoms with E-state index in [1.807, 2.05) is 5.38 Å². The van der Waals surface area contributed by atoms with Gasteiger partial charge in [-0.15, -0.1) is 11.3 Å². The predicted octanol–water partition coefficient (Wildman–Crippen LogP) is 3.88. The highest BCUT2D eigenvalue weighted by Gasteiger charge is 2.30. The minimum atomic E-state index is -4.44. The molecule has 0 radical (unpaired) electrons. The molecule has 2 aromatic rings. The van der Waals surface area contributed by atoms with Crippen LogP contribution in [-0.2, 0) is 26.9 Å². The van der Waals surface area contributed by atoms with Crippen molar-refractivity contribution in [2.75, 3.05) is 5.32 Å². The SMILES string of the molecule is C[C@@H](OC(=O)Cc1cccs1)C(=O)Nc1ccc(C(F)(F)F)cc1. The Balaban J connectivity index is 1.88. The van der Waals surface area contributed by atoms with Crippen LogP contribution >= 0.6 is 11.3 Å². The summed E-state index contributed by atoms with van der Waals surface area (Å²) in [6.07, 6.45) is -5.43. The number of benzene rings is 1. The summed E-state index contributed by atoms with van der Waals surface area (Å²) < 4.78 is 42.4. The smallest absolute Gasteiger partial charge is 0.416 e. The Morgan fingerprint density at radius 1 is 1.21 bits per heavy atom. The van der Waals surface area contributed by atoms with E-state index >= 15 is 0 Å². The van der Waals surface area contributed by atoms with Crippen molar-refractivity contribution in [2.45, 2.75) is 25.6 Å². The highest BCUT2D eigenvalue weighted by atomic mass is 32.1. The fraction of sp³-hybridized carbons (Fsp3) is 0.250. The number of nitrogens with one attached hydrogen (secondary N) is 1. The molecule has 24 heavy (non-hydrogen) atoms. The Kier molecular flexibility index (Phi) is 5.61. The van der Waals surface area contributed by atoms with Gasteiger partial charge in [-0.2, -0.15) is 13.2 Å². The van der Waals surface area contributed by atoms with Crippen LogP contribution in [0.25, 0.3) is 0 Å². The summed E-state index contributed by atoms with van der Waals surface area (Å²) in [4.78, 5) is 24.5. The molecular weight excluding hydrogens is 343 g/mol. The molecule has 1 atom stereocenters. The molecule has 8 heteroatoms. The molecule has 1 N–H and O–H groups in total. The number of thiophene rings is 1. The molecular formula is C16H14F3NO3S. The largest absolute Gasteiger partial charge is 0.452 e. The first kappa shape index (κ1) is 18.0. The van der Waals surface area contributed by atoms with E-state index in [2.05, 4.69) is 5.32 Å². The van der Waals surface area contributed by atoms with Crippen LogP contribution in [0.5, 0.6) is 0 Å². The molecule has 0 fully saturated rings. The lowest BCUT2D eigenvalue weighted by atomic mass is 10.2. The van der Waals surface area contributed by atoms with Gasteiger partial charge in [-0.05, 0) is 42.6 Å². The molecule has 0 aliphatic heterocycles. The maximum absolute atomic E-state index is 12.5. The fourth-order valence-corrected chi connectivity index (χ4v) is 2.52. The van der Waals surface area contributed by atoms with Gasteiger partial charge in [0.15, 0.2) is 6.10 Å². The fourth-order valence-electron chi connectivity index (χ4n) is 1.83. The van der Waals surface area contributed by atoms with Gasteiger partial charge in [0.2, 0.25) is 0 Å². The molecule has 0 aliphatic rings. The number of carbonyl (C=O) groups excluding carboxylic acids is 2. The maximum Gasteiger partial charge on any atom is 0.416 e. The van der Waals surface area contributed by atoms with E-state index in [1.165, 1.54) is 18.3 Å². The summed E-state index contributed by atoms with van der Waals surface area (Å²) in [5, 5.41) is 4.23. The van der Waals surface area contributed by atoms with Gasteiger partial charge in [-0.3, -0.25) is 9.59 Å². The van der Waals surface area contributed by atoms with E-state index in [0.29, 0.717) is 0 Å². The normalized spacial score (nSPS) is 12.5. The number of amides is 1. The minimum absolute atomic E-state index is 0.0650. The van der Waals surface area contributed by atoms with Crippen molar-refractivity contribution in [1.82, 2.24) is 0 Å². The first-order valence-electron chi connectivity index (χ1n) is 6.95. The molecule has 4 nitrogen and oxygen atoms in total. The number of halogens is 3. The molecule has 2 rings (SSSR count). The van der Waals surface area contributed by atoms with Crippen LogP contribution < -0.4 is 5.32 Å². The van der Waals surface area contributed by atoms with Crippen LogP contribution in [0.2, 0.25) is 0 Å². The quantitative estimate of drug-likeness (QED) is 0.827. The highest BCUT2D eigenvalue weighted by molar-refractivity contribution is 7.10. The Hall–Kier alpha value is -2.35. The lowest BCUT2D eigenvalue weighted by Gasteiger charge is -2.14. The zero-order valence-electron chi connectivity index (χ0n) is 12.6. The van der Waals surface area contributed by atoms with Crippen molar-refractivity contribution in [2.24, 2.45) is 0 Å². The molecule has 1 aromatic carbocycles. The second kappa shape index (κ2) is 7.48. The van der Waals surface area contributed by atoms with Gasteiger partial charge in [0.1, 0.15) is 0 Å². The molecule has 1 aromatic heterocycles. The first-order valence-corrected chi connectivity index (χ1v) is 7.83. The van der Waals surface area contributed by atoms with E-state index in [1.54, 1.807) is 12.1 Å². The van der Waals surface area contributed by atoms with Gasteiger partial charge in [0.25, 0.3) is 5.91 Å². The Labute approximate surface area is 140 Å². The van der Waals surface area contributed by atoms with Gasteiger partial charge in [0.05, 0.1) is 12.0 Å². The summed E-state index contributed by atoms with van der Waals surface area (Å²) in [7, 11) is 0. The van der Waals surface area contributed by atoms with Crippen LogP contribution in [0.3, 0.4) is 0 Å². The van der Waals surface area contributed by atoms with Gasteiger partial charge in [0, 0.05) is 10.6 Å². The molecule has 0 aliphatic carbocycles. The van der Waals surface area contributed by atoms with Crippen LogP contribution in [0.15, 0.2) is 41.8 Å². The Bertz CT molecular complexity index is 696. The number of ether oxygens (including phenoxy) is 1. The summed E-state index contributed by atoms with van der Waals surface area (Å²) in [6.45, 7) is 1.39. The second-order valence-corrected chi connectivity index (χ2v) is 5.98. The highest BCUT2D eigenvalue weighted by Crippen LogP contribution is 2.29. The molecule has 0 bridgehead atoms.